The minimum absolute atomic E-state index is 0.385. The molecule has 0 radical (unpaired) electrons. The van der Waals surface area contributed by atoms with E-state index in [0.717, 1.165) is 31.6 Å². The van der Waals surface area contributed by atoms with Gasteiger partial charge in [0.1, 0.15) is 0 Å². The molecular weight excluding hydrogens is 202 g/mol. The van der Waals surface area contributed by atoms with Crippen LogP contribution in [0.3, 0.4) is 0 Å². The van der Waals surface area contributed by atoms with Crippen molar-refractivity contribution in [3.05, 3.63) is 11.7 Å². The van der Waals surface area contributed by atoms with Crippen molar-refractivity contribution < 1.29 is 4.52 Å². The summed E-state index contributed by atoms with van der Waals surface area (Å²) in [7, 11) is 0. The average Bonchev–Trinajstić information content (AvgIpc) is 2.73. The van der Waals surface area contributed by atoms with Gasteiger partial charge in [-0.25, -0.2) is 0 Å². The Morgan fingerprint density at radius 1 is 1.50 bits per heavy atom. The van der Waals surface area contributed by atoms with Crippen molar-refractivity contribution in [2.24, 2.45) is 17.6 Å². The van der Waals surface area contributed by atoms with Gasteiger partial charge in [-0.15, -0.1) is 0 Å². The molecule has 4 nitrogen and oxygen atoms in total. The highest BCUT2D eigenvalue weighted by Gasteiger charge is 2.41. The first kappa shape index (κ1) is 11.6. The standard InChI is InChI=1S/C12H21N3O/c1-4-10-14-11(15-16-10)12(13)6-5-8(2)7-9(12)3/h8-9H,4-7,13H2,1-3H3. The smallest absolute Gasteiger partial charge is 0.226 e. The summed E-state index contributed by atoms with van der Waals surface area (Å²) in [6.45, 7) is 6.48. The van der Waals surface area contributed by atoms with E-state index < -0.39 is 0 Å². The lowest BCUT2D eigenvalue weighted by atomic mass is 9.70. The molecule has 3 atom stereocenters. The molecule has 1 heterocycles. The molecule has 2 rings (SSSR count). The Hall–Kier alpha value is -0.900. The monoisotopic (exact) mass is 223 g/mol. The Labute approximate surface area is 96.6 Å². The molecule has 3 unspecified atom stereocenters. The molecule has 1 aliphatic rings. The first-order valence-corrected chi connectivity index (χ1v) is 6.18. The van der Waals surface area contributed by atoms with Gasteiger partial charge in [0.15, 0.2) is 5.82 Å². The SMILES string of the molecule is CCc1nc(C2(N)CCC(C)CC2C)no1. The molecule has 0 amide bonds. The average molecular weight is 223 g/mol. The molecule has 0 aromatic carbocycles. The van der Waals surface area contributed by atoms with Gasteiger partial charge in [0, 0.05) is 6.42 Å². The minimum Gasteiger partial charge on any atom is -0.339 e. The molecule has 1 saturated carbocycles. The molecule has 0 aliphatic heterocycles. The van der Waals surface area contributed by atoms with Gasteiger partial charge in [-0.3, -0.25) is 0 Å². The number of nitrogens with two attached hydrogens (primary N) is 1. The summed E-state index contributed by atoms with van der Waals surface area (Å²) < 4.78 is 5.17. The highest BCUT2D eigenvalue weighted by Crippen LogP contribution is 2.40. The van der Waals surface area contributed by atoms with Crippen molar-refractivity contribution in [1.82, 2.24) is 10.1 Å². The van der Waals surface area contributed by atoms with Crippen LogP contribution in [0.5, 0.6) is 0 Å². The third-order valence-corrected chi connectivity index (χ3v) is 3.87. The number of hydrogen-bond donors (Lipinski definition) is 1. The zero-order chi connectivity index (χ0) is 11.8. The molecule has 0 bridgehead atoms. The van der Waals surface area contributed by atoms with E-state index in [9.17, 15) is 0 Å². The summed E-state index contributed by atoms with van der Waals surface area (Å²) in [5.41, 5.74) is 6.08. The molecule has 16 heavy (non-hydrogen) atoms. The topological polar surface area (TPSA) is 64.9 Å². The predicted octanol–water partition coefficient (Wildman–Crippen LogP) is 2.24. The van der Waals surface area contributed by atoms with Gasteiger partial charge in [0.2, 0.25) is 5.89 Å². The largest absolute Gasteiger partial charge is 0.339 e. The lowest BCUT2D eigenvalue weighted by molar-refractivity contribution is 0.152. The van der Waals surface area contributed by atoms with E-state index in [4.69, 9.17) is 10.3 Å². The van der Waals surface area contributed by atoms with Crippen molar-refractivity contribution in [3.8, 4) is 0 Å². The van der Waals surface area contributed by atoms with E-state index in [1.165, 1.54) is 0 Å². The van der Waals surface area contributed by atoms with Gasteiger partial charge in [-0.05, 0) is 31.1 Å². The van der Waals surface area contributed by atoms with Crippen molar-refractivity contribution in [2.75, 3.05) is 0 Å². The molecule has 1 aromatic heterocycles. The second kappa shape index (κ2) is 4.17. The van der Waals surface area contributed by atoms with Gasteiger partial charge in [0.05, 0.1) is 5.54 Å². The quantitative estimate of drug-likeness (QED) is 0.835. The molecular formula is C12H21N3O. The third kappa shape index (κ3) is 1.86. The van der Waals surface area contributed by atoms with Crippen LogP contribution in [0, 0.1) is 11.8 Å². The maximum absolute atomic E-state index is 6.47. The normalized spacial score (nSPS) is 35.2. The highest BCUT2D eigenvalue weighted by atomic mass is 16.5. The summed E-state index contributed by atoms with van der Waals surface area (Å²) in [5, 5.41) is 4.05. The van der Waals surface area contributed by atoms with Crippen molar-refractivity contribution >= 4 is 0 Å². The Balaban J connectivity index is 2.23. The molecule has 90 valence electrons. The van der Waals surface area contributed by atoms with E-state index >= 15 is 0 Å². The van der Waals surface area contributed by atoms with Crippen LogP contribution >= 0.6 is 0 Å². The summed E-state index contributed by atoms with van der Waals surface area (Å²) >= 11 is 0. The summed E-state index contributed by atoms with van der Waals surface area (Å²) in [6.07, 6.45) is 4.02. The number of aryl methyl sites for hydroxylation is 1. The van der Waals surface area contributed by atoms with Crippen LogP contribution in [0.15, 0.2) is 4.52 Å². The molecule has 1 aromatic rings. The zero-order valence-corrected chi connectivity index (χ0v) is 10.4. The summed E-state index contributed by atoms with van der Waals surface area (Å²) in [6, 6.07) is 0. The lowest BCUT2D eigenvalue weighted by Gasteiger charge is -2.39. The number of nitrogens with zero attached hydrogens (tertiary/aromatic N) is 2. The zero-order valence-electron chi connectivity index (χ0n) is 10.4. The van der Waals surface area contributed by atoms with Crippen LogP contribution in [-0.4, -0.2) is 10.1 Å². The molecule has 1 fully saturated rings. The molecule has 2 N–H and O–H groups in total. The highest BCUT2D eigenvalue weighted by molar-refractivity contribution is 5.08. The Morgan fingerprint density at radius 3 is 2.81 bits per heavy atom. The summed E-state index contributed by atoms with van der Waals surface area (Å²) in [5.74, 6) is 2.55. The fraction of sp³-hybridized carbons (Fsp3) is 0.833. The number of hydrogen-bond acceptors (Lipinski definition) is 4. The fourth-order valence-electron chi connectivity index (χ4n) is 2.58. The third-order valence-electron chi connectivity index (χ3n) is 3.87. The van der Waals surface area contributed by atoms with Crippen LogP contribution in [0.2, 0.25) is 0 Å². The van der Waals surface area contributed by atoms with E-state index in [1.54, 1.807) is 0 Å². The van der Waals surface area contributed by atoms with Gasteiger partial charge >= 0.3 is 0 Å². The fourth-order valence-corrected chi connectivity index (χ4v) is 2.58. The molecule has 0 spiro atoms. The second-order valence-electron chi connectivity index (χ2n) is 5.19. The predicted molar refractivity (Wildman–Crippen MR) is 61.7 cm³/mol. The summed E-state index contributed by atoms with van der Waals surface area (Å²) in [4.78, 5) is 4.40. The maximum atomic E-state index is 6.47. The molecule has 4 heteroatoms. The van der Waals surface area contributed by atoms with Gasteiger partial charge < -0.3 is 10.3 Å². The van der Waals surface area contributed by atoms with Crippen LogP contribution in [-0.2, 0) is 12.0 Å². The maximum Gasteiger partial charge on any atom is 0.226 e. The Bertz CT molecular complexity index is 363. The number of aromatic nitrogens is 2. The van der Waals surface area contributed by atoms with Crippen molar-refractivity contribution in [2.45, 2.75) is 52.0 Å². The van der Waals surface area contributed by atoms with Crippen LogP contribution < -0.4 is 5.73 Å². The van der Waals surface area contributed by atoms with Crippen molar-refractivity contribution in [3.63, 3.8) is 0 Å². The van der Waals surface area contributed by atoms with E-state index in [2.05, 4.69) is 24.0 Å². The first-order valence-electron chi connectivity index (χ1n) is 6.18. The molecule has 0 saturated heterocycles. The van der Waals surface area contributed by atoms with Gasteiger partial charge in [-0.1, -0.05) is 25.9 Å². The second-order valence-corrected chi connectivity index (χ2v) is 5.19. The Morgan fingerprint density at radius 2 is 2.25 bits per heavy atom. The Kier molecular flexibility index (Phi) is 3.02. The van der Waals surface area contributed by atoms with E-state index in [1.807, 2.05) is 6.92 Å². The van der Waals surface area contributed by atoms with E-state index in [0.29, 0.717) is 17.6 Å². The van der Waals surface area contributed by atoms with Gasteiger partial charge in [0.25, 0.3) is 0 Å². The van der Waals surface area contributed by atoms with Crippen molar-refractivity contribution in [1.29, 1.82) is 0 Å². The van der Waals surface area contributed by atoms with Crippen LogP contribution in [0.1, 0.15) is 51.7 Å². The van der Waals surface area contributed by atoms with E-state index in [-0.39, 0.29) is 5.54 Å². The number of rotatable bonds is 2. The minimum atomic E-state index is -0.385. The molecule has 1 aliphatic carbocycles. The van der Waals surface area contributed by atoms with Crippen LogP contribution in [0.4, 0.5) is 0 Å². The first-order chi connectivity index (χ1) is 7.56. The van der Waals surface area contributed by atoms with Crippen LogP contribution in [0.25, 0.3) is 0 Å². The van der Waals surface area contributed by atoms with Gasteiger partial charge in [-0.2, -0.15) is 4.98 Å². The lowest BCUT2D eigenvalue weighted by Crippen LogP contribution is -2.47.